The average molecular weight is 417 g/mol. The van der Waals surface area contributed by atoms with E-state index in [0.717, 1.165) is 0 Å². The number of nitrogens with zero attached hydrogens (tertiary/aromatic N) is 1. The van der Waals surface area contributed by atoms with Gasteiger partial charge in [0.25, 0.3) is 0 Å². The van der Waals surface area contributed by atoms with Crippen molar-refractivity contribution in [2.45, 2.75) is 75.0 Å². The number of ether oxygens (including phenoxy) is 2. The molecule has 0 unspecified atom stereocenters. The minimum atomic E-state index is -6.71. The summed E-state index contributed by atoms with van der Waals surface area (Å²) in [4.78, 5) is 1.56. The SMILES string of the molecule is CC(C)OC[C@]12CCCN1C[C@@H](OC(C(F)(F)F)(C(F)(F)F)C(F)(F)F)C2. The van der Waals surface area contributed by atoms with E-state index in [-0.39, 0.29) is 12.7 Å². The van der Waals surface area contributed by atoms with Gasteiger partial charge in [0.1, 0.15) is 0 Å². The number of hydrogen-bond acceptors (Lipinski definition) is 3. The van der Waals surface area contributed by atoms with Crippen molar-refractivity contribution < 1.29 is 49.0 Å². The summed E-state index contributed by atoms with van der Waals surface area (Å²) in [6.45, 7) is 3.28. The highest BCUT2D eigenvalue weighted by atomic mass is 19.4. The summed E-state index contributed by atoms with van der Waals surface area (Å²) in [5.41, 5.74) is -7.14. The molecule has 2 aliphatic heterocycles. The lowest BCUT2D eigenvalue weighted by atomic mass is 9.93. The van der Waals surface area contributed by atoms with Crippen LogP contribution in [-0.2, 0) is 9.47 Å². The monoisotopic (exact) mass is 417 g/mol. The molecule has 2 heterocycles. The summed E-state index contributed by atoms with van der Waals surface area (Å²) in [6.07, 6.45) is -21.6. The van der Waals surface area contributed by atoms with Crippen molar-refractivity contribution >= 4 is 0 Å². The molecule has 160 valence electrons. The van der Waals surface area contributed by atoms with E-state index in [2.05, 4.69) is 4.74 Å². The molecule has 0 aliphatic carbocycles. The Labute approximate surface area is 149 Å². The molecule has 0 saturated carbocycles. The molecule has 0 aromatic carbocycles. The Kier molecular flexibility index (Phi) is 5.79. The van der Waals surface area contributed by atoms with Crippen molar-refractivity contribution in [2.75, 3.05) is 19.7 Å². The third kappa shape index (κ3) is 3.89. The molecular formula is C15H20F9NO2. The Morgan fingerprint density at radius 3 is 1.93 bits per heavy atom. The van der Waals surface area contributed by atoms with Gasteiger partial charge < -0.3 is 9.47 Å². The minimum absolute atomic E-state index is 0.00157. The van der Waals surface area contributed by atoms with Crippen LogP contribution in [0.1, 0.15) is 33.1 Å². The van der Waals surface area contributed by atoms with Crippen molar-refractivity contribution in [1.29, 1.82) is 0 Å². The van der Waals surface area contributed by atoms with Crippen molar-refractivity contribution in [3.8, 4) is 0 Å². The molecule has 0 amide bonds. The highest BCUT2D eigenvalue weighted by Gasteiger charge is 2.86. The maximum Gasteiger partial charge on any atom is 0.435 e. The van der Waals surface area contributed by atoms with Gasteiger partial charge in [-0.1, -0.05) is 0 Å². The fourth-order valence-corrected chi connectivity index (χ4v) is 3.80. The van der Waals surface area contributed by atoms with E-state index < -0.39 is 48.7 Å². The molecule has 27 heavy (non-hydrogen) atoms. The van der Waals surface area contributed by atoms with Crippen LogP contribution < -0.4 is 0 Å². The molecule has 0 aromatic rings. The Morgan fingerprint density at radius 1 is 0.963 bits per heavy atom. The zero-order valence-corrected chi connectivity index (χ0v) is 14.6. The standard InChI is InChI=1S/C15H20F9NO2/c1-9(2)26-8-11-4-3-5-25(11)7-10(6-11)27-12(13(16,17)18,14(19,20)21)15(22,23)24/h9-10H,3-8H2,1-2H3/t10-,11+/m0/s1. The maximum absolute atomic E-state index is 13.1. The maximum atomic E-state index is 13.1. The van der Waals surface area contributed by atoms with Gasteiger partial charge in [0.15, 0.2) is 0 Å². The zero-order valence-electron chi connectivity index (χ0n) is 14.6. The van der Waals surface area contributed by atoms with Crippen LogP contribution >= 0.6 is 0 Å². The second kappa shape index (κ2) is 6.94. The molecule has 3 nitrogen and oxygen atoms in total. The minimum Gasteiger partial charge on any atom is -0.377 e. The highest BCUT2D eigenvalue weighted by molar-refractivity contribution is 5.08. The molecule has 0 bridgehead atoms. The Balaban J connectivity index is 2.32. The first-order valence-corrected chi connectivity index (χ1v) is 8.30. The summed E-state index contributed by atoms with van der Waals surface area (Å²) in [6, 6.07) is 0. The lowest BCUT2D eigenvalue weighted by molar-refractivity contribution is -0.463. The van der Waals surface area contributed by atoms with Crippen LogP contribution in [0.3, 0.4) is 0 Å². The van der Waals surface area contributed by atoms with Gasteiger partial charge in [-0.25, -0.2) is 0 Å². The predicted molar refractivity (Wildman–Crippen MR) is 75.0 cm³/mol. The van der Waals surface area contributed by atoms with Crippen LogP contribution in [0.5, 0.6) is 0 Å². The van der Waals surface area contributed by atoms with Gasteiger partial charge in [0.2, 0.25) is 0 Å². The van der Waals surface area contributed by atoms with Crippen molar-refractivity contribution in [2.24, 2.45) is 0 Å². The van der Waals surface area contributed by atoms with E-state index >= 15 is 0 Å². The second-order valence-electron chi connectivity index (χ2n) is 7.25. The smallest absolute Gasteiger partial charge is 0.377 e. The fraction of sp³-hybridized carbons (Fsp3) is 1.00. The van der Waals surface area contributed by atoms with Gasteiger partial charge in [0, 0.05) is 12.1 Å². The fourth-order valence-electron chi connectivity index (χ4n) is 3.80. The van der Waals surface area contributed by atoms with E-state index in [0.29, 0.717) is 19.4 Å². The van der Waals surface area contributed by atoms with Crippen molar-refractivity contribution in [1.82, 2.24) is 4.90 Å². The predicted octanol–water partition coefficient (Wildman–Crippen LogP) is 4.46. The second-order valence-corrected chi connectivity index (χ2v) is 7.25. The van der Waals surface area contributed by atoms with Crippen LogP contribution in [-0.4, -0.2) is 66.5 Å². The molecule has 0 spiro atoms. The molecule has 12 heteroatoms. The zero-order chi connectivity index (χ0) is 20.9. The molecule has 0 radical (unpaired) electrons. The van der Waals surface area contributed by atoms with Crippen molar-refractivity contribution in [3.05, 3.63) is 0 Å². The van der Waals surface area contributed by atoms with Gasteiger partial charge >= 0.3 is 24.1 Å². The van der Waals surface area contributed by atoms with Gasteiger partial charge in [-0.15, -0.1) is 0 Å². The van der Waals surface area contributed by atoms with Crippen LogP contribution in [0.25, 0.3) is 0 Å². The average Bonchev–Trinajstić information content (AvgIpc) is 2.94. The lowest BCUT2D eigenvalue weighted by Crippen LogP contribution is -2.68. The van der Waals surface area contributed by atoms with E-state index in [1.165, 1.54) is 0 Å². The summed E-state index contributed by atoms with van der Waals surface area (Å²) in [5.74, 6) is 0. The number of halogens is 9. The van der Waals surface area contributed by atoms with E-state index in [1.54, 1.807) is 18.7 Å². The molecular weight excluding hydrogens is 397 g/mol. The van der Waals surface area contributed by atoms with Gasteiger partial charge in [-0.3, -0.25) is 4.90 Å². The van der Waals surface area contributed by atoms with E-state index in [1.807, 2.05) is 0 Å². The van der Waals surface area contributed by atoms with E-state index in [4.69, 9.17) is 4.74 Å². The number of rotatable bonds is 5. The van der Waals surface area contributed by atoms with Crippen LogP contribution in [0, 0.1) is 0 Å². The number of fused-ring (bicyclic) bond motifs is 1. The molecule has 2 aliphatic rings. The normalized spacial score (nSPS) is 28.2. The summed E-state index contributed by atoms with van der Waals surface area (Å²) >= 11 is 0. The lowest BCUT2D eigenvalue weighted by Gasteiger charge is -2.40. The van der Waals surface area contributed by atoms with Gasteiger partial charge in [-0.05, 0) is 39.7 Å². The Hall–Kier alpha value is -0.750. The Morgan fingerprint density at radius 2 is 1.48 bits per heavy atom. The van der Waals surface area contributed by atoms with Gasteiger partial charge in [-0.2, -0.15) is 39.5 Å². The first-order valence-electron chi connectivity index (χ1n) is 8.30. The quantitative estimate of drug-likeness (QED) is 0.617. The number of alkyl halides is 9. The Bertz CT molecular complexity index is 493. The molecule has 0 aromatic heterocycles. The summed E-state index contributed by atoms with van der Waals surface area (Å²) in [7, 11) is 0. The summed E-state index contributed by atoms with van der Waals surface area (Å²) in [5, 5.41) is 0. The van der Waals surface area contributed by atoms with Gasteiger partial charge in [0.05, 0.1) is 18.8 Å². The molecule has 0 N–H and O–H groups in total. The van der Waals surface area contributed by atoms with Crippen LogP contribution in [0.15, 0.2) is 0 Å². The van der Waals surface area contributed by atoms with Crippen molar-refractivity contribution in [3.63, 3.8) is 0 Å². The van der Waals surface area contributed by atoms with Crippen LogP contribution in [0.2, 0.25) is 0 Å². The molecule has 2 rings (SSSR count). The van der Waals surface area contributed by atoms with E-state index in [9.17, 15) is 39.5 Å². The molecule has 2 saturated heterocycles. The first kappa shape index (κ1) is 22.5. The third-order valence-corrected chi connectivity index (χ3v) is 5.00. The molecule has 2 fully saturated rings. The molecule has 2 atom stereocenters. The summed E-state index contributed by atoms with van der Waals surface area (Å²) < 4.78 is 127. The highest BCUT2D eigenvalue weighted by Crippen LogP contribution is 2.56. The topological polar surface area (TPSA) is 21.7 Å². The van der Waals surface area contributed by atoms with Crippen LogP contribution in [0.4, 0.5) is 39.5 Å². The largest absolute Gasteiger partial charge is 0.435 e. The number of hydrogen-bond donors (Lipinski definition) is 0. The first-order chi connectivity index (χ1) is 12.1. The third-order valence-electron chi connectivity index (χ3n) is 5.00.